The van der Waals surface area contributed by atoms with Crippen LogP contribution in [-0.2, 0) is 0 Å². The highest BCUT2D eigenvalue weighted by Crippen LogP contribution is 2.37. The normalized spacial score (nSPS) is 19.7. The topological polar surface area (TPSA) is 77.8 Å². The van der Waals surface area contributed by atoms with Crippen LogP contribution in [0, 0.1) is 0 Å². The third-order valence-electron chi connectivity index (χ3n) is 4.14. The lowest BCUT2D eigenvalue weighted by Crippen LogP contribution is -2.28. The minimum absolute atomic E-state index is 0.0670. The number of hydrogen-bond acceptors (Lipinski definition) is 6. The second kappa shape index (κ2) is 5.68. The predicted octanol–water partition coefficient (Wildman–Crippen LogP) is 2.22. The Hall–Kier alpha value is -2.96. The number of methoxy groups -OCH3 is 1. The van der Waals surface area contributed by atoms with Gasteiger partial charge >= 0.3 is 0 Å². The molecular formula is C16H16N6O. The molecule has 4 rings (SSSR count). The van der Waals surface area contributed by atoms with Crippen molar-refractivity contribution >= 4 is 5.95 Å². The number of tetrazole rings is 1. The summed E-state index contributed by atoms with van der Waals surface area (Å²) in [5.74, 6) is 1.51. The van der Waals surface area contributed by atoms with E-state index in [4.69, 9.17) is 4.74 Å². The fourth-order valence-electron chi connectivity index (χ4n) is 2.94. The van der Waals surface area contributed by atoms with Gasteiger partial charge in [0.25, 0.3) is 0 Å². The van der Waals surface area contributed by atoms with Crippen molar-refractivity contribution in [2.45, 2.75) is 18.5 Å². The van der Waals surface area contributed by atoms with Crippen LogP contribution >= 0.6 is 0 Å². The van der Waals surface area contributed by atoms with Crippen molar-refractivity contribution in [3.8, 4) is 5.75 Å². The van der Waals surface area contributed by atoms with E-state index in [1.54, 1.807) is 13.3 Å². The SMILES string of the molecule is COc1ccc(C2CC(c3cccnc3)Nc3nnnn32)cc1. The Morgan fingerprint density at radius 1 is 1.17 bits per heavy atom. The predicted molar refractivity (Wildman–Crippen MR) is 84.2 cm³/mol. The lowest BCUT2D eigenvalue weighted by atomic mass is 9.94. The first-order valence-electron chi connectivity index (χ1n) is 7.43. The van der Waals surface area contributed by atoms with E-state index in [2.05, 4.69) is 44.0 Å². The average Bonchev–Trinajstić information content (AvgIpc) is 3.10. The maximum absolute atomic E-state index is 5.23. The monoisotopic (exact) mass is 308 g/mol. The van der Waals surface area contributed by atoms with Gasteiger partial charge in [-0.15, -0.1) is 0 Å². The fraction of sp³-hybridized carbons (Fsp3) is 0.250. The molecule has 116 valence electrons. The molecular weight excluding hydrogens is 292 g/mol. The van der Waals surface area contributed by atoms with E-state index in [0.29, 0.717) is 5.95 Å². The van der Waals surface area contributed by atoms with E-state index in [0.717, 1.165) is 23.3 Å². The first kappa shape index (κ1) is 13.7. The second-order valence-electron chi connectivity index (χ2n) is 5.46. The van der Waals surface area contributed by atoms with Crippen molar-refractivity contribution in [2.24, 2.45) is 0 Å². The van der Waals surface area contributed by atoms with Gasteiger partial charge in [0.2, 0.25) is 5.95 Å². The van der Waals surface area contributed by atoms with Gasteiger partial charge in [-0.25, -0.2) is 4.68 Å². The highest BCUT2D eigenvalue weighted by molar-refractivity contribution is 5.38. The largest absolute Gasteiger partial charge is 0.497 e. The molecule has 0 bridgehead atoms. The number of aromatic nitrogens is 5. The van der Waals surface area contributed by atoms with Crippen LogP contribution in [0.2, 0.25) is 0 Å². The van der Waals surface area contributed by atoms with Gasteiger partial charge in [-0.1, -0.05) is 23.3 Å². The number of pyridine rings is 1. The molecule has 0 spiro atoms. The van der Waals surface area contributed by atoms with Crippen molar-refractivity contribution in [1.82, 2.24) is 25.2 Å². The molecule has 1 aliphatic heterocycles. The second-order valence-corrected chi connectivity index (χ2v) is 5.46. The number of nitrogens with one attached hydrogen (secondary N) is 1. The van der Waals surface area contributed by atoms with Crippen LogP contribution < -0.4 is 10.1 Å². The van der Waals surface area contributed by atoms with E-state index in [9.17, 15) is 0 Å². The molecule has 0 amide bonds. The maximum atomic E-state index is 5.23. The summed E-state index contributed by atoms with van der Waals surface area (Å²) in [4.78, 5) is 4.21. The van der Waals surface area contributed by atoms with Gasteiger partial charge in [0.05, 0.1) is 19.2 Å². The Bertz CT molecular complexity index is 786. The Morgan fingerprint density at radius 2 is 2.04 bits per heavy atom. The molecule has 1 N–H and O–H groups in total. The van der Waals surface area contributed by atoms with E-state index in [1.165, 1.54) is 0 Å². The number of ether oxygens (including phenoxy) is 1. The van der Waals surface area contributed by atoms with Crippen LogP contribution in [0.25, 0.3) is 0 Å². The van der Waals surface area contributed by atoms with E-state index in [-0.39, 0.29) is 12.1 Å². The van der Waals surface area contributed by atoms with Crippen LogP contribution in [0.1, 0.15) is 29.6 Å². The molecule has 23 heavy (non-hydrogen) atoms. The third-order valence-corrected chi connectivity index (χ3v) is 4.14. The summed E-state index contributed by atoms with van der Waals surface area (Å²) >= 11 is 0. The molecule has 0 saturated carbocycles. The van der Waals surface area contributed by atoms with E-state index >= 15 is 0 Å². The quantitative estimate of drug-likeness (QED) is 0.799. The molecule has 2 unspecified atom stereocenters. The van der Waals surface area contributed by atoms with Gasteiger partial charge in [-0.2, -0.15) is 0 Å². The number of hydrogen-bond donors (Lipinski definition) is 1. The summed E-state index contributed by atoms with van der Waals surface area (Å²) in [5, 5.41) is 15.4. The molecule has 0 fully saturated rings. The van der Waals surface area contributed by atoms with Gasteiger partial charge in [-0.05, 0) is 46.2 Å². The standard InChI is InChI=1S/C16H16N6O/c1-23-13-6-4-11(5-7-13)15-9-14(12-3-2-8-17-10-12)18-16-19-20-21-22(15)16/h2-8,10,14-15H,9H2,1H3,(H,18,19,21). The molecule has 7 heteroatoms. The molecule has 0 saturated heterocycles. The number of nitrogens with zero attached hydrogens (tertiary/aromatic N) is 5. The number of benzene rings is 1. The van der Waals surface area contributed by atoms with Crippen molar-refractivity contribution in [2.75, 3.05) is 12.4 Å². The Morgan fingerprint density at radius 3 is 2.78 bits per heavy atom. The van der Waals surface area contributed by atoms with Gasteiger partial charge in [-0.3, -0.25) is 4.98 Å². The average molecular weight is 308 g/mol. The van der Waals surface area contributed by atoms with Gasteiger partial charge in [0.15, 0.2) is 0 Å². The van der Waals surface area contributed by atoms with Crippen LogP contribution in [0.3, 0.4) is 0 Å². The van der Waals surface area contributed by atoms with Crippen LogP contribution in [0.4, 0.5) is 5.95 Å². The first-order chi connectivity index (χ1) is 11.3. The van der Waals surface area contributed by atoms with Crippen molar-refractivity contribution < 1.29 is 4.74 Å². The lowest BCUT2D eigenvalue weighted by Gasteiger charge is -2.30. The molecule has 7 nitrogen and oxygen atoms in total. The van der Waals surface area contributed by atoms with E-state index in [1.807, 2.05) is 29.1 Å². The van der Waals surface area contributed by atoms with Crippen molar-refractivity contribution in [3.05, 3.63) is 59.9 Å². The number of fused-ring (bicyclic) bond motifs is 1. The smallest absolute Gasteiger partial charge is 0.243 e. The highest BCUT2D eigenvalue weighted by atomic mass is 16.5. The first-order valence-corrected chi connectivity index (χ1v) is 7.43. The molecule has 2 atom stereocenters. The summed E-state index contributed by atoms with van der Waals surface area (Å²) in [6.07, 6.45) is 4.50. The molecule has 2 aromatic heterocycles. The molecule has 1 aliphatic rings. The molecule has 3 aromatic rings. The summed E-state index contributed by atoms with van der Waals surface area (Å²) in [6, 6.07) is 12.2. The fourth-order valence-corrected chi connectivity index (χ4v) is 2.94. The van der Waals surface area contributed by atoms with Crippen molar-refractivity contribution in [1.29, 1.82) is 0 Å². The molecule has 0 aliphatic carbocycles. The molecule has 3 heterocycles. The van der Waals surface area contributed by atoms with Crippen LogP contribution in [0.15, 0.2) is 48.8 Å². The summed E-state index contributed by atoms with van der Waals surface area (Å²) < 4.78 is 7.06. The van der Waals surface area contributed by atoms with E-state index < -0.39 is 0 Å². The third kappa shape index (κ3) is 2.50. The zero-order valence-electron chi connectivity index (χ0n) is 12.6. The van der Waals surface area contributed by atoms with Crippen LogP contribution in [0.5, 0.6) is 5.75 Å². The Kier molecular flexibility index (Phi) is 3.38. The van der Waals surface area contributed by atoms with Gasteiger partial charge in [0, 0.05) is 12.4 Å². The number of rotatable bonds is 3. The summed E-state index contributed by atoms with van der Waals surface area (Å²) in [7, 11) is 1.66. The van der Waals surface area contributed by atoms with Gasteiger partial charge in [0.1, 0.15) is 5.75 Å². The lowest BCUT2D eigenvalue weighted by molar-refractivity contribution is 0.410. The summed E-state index contributed by atoms with van der Waals surface area (Å²) in [6.45, 7) is 0. The minimum Gasteiger partial charge on any atom is -0.497 e. The summed E-state index contributed by atoms with van der Waals surface area (Å²) in [5.41, 5.74) is 2.27. The number of anilines is 1. The van der Waals surface area contributed by atoms with Gasteiger partial charge < -0.3 is 10.1 Å². The Labute approximate surface area is 133 Å². The minimum atomic E-state index is 0.0670. The Balaban J connectivity index is 1.70. The maximum Gasteiger partial charge on any atom is 0.243 e. The molecule has 1 aromatic carbocycles. The zero-order chi connectivity index (χ0) is 15.6. The van der Waals surface area contributed by atoms with Crippen LogP contribution in [-0.4, -0.2) is 32.3 Å². The highest BCUT2D eigenvalue weighted by Gasteiger charge is 2.30. The van der Waals surface area contributed by atoms with Crippen molar-refractivity contribution in [3.63, 3.8) is 0 Å². The zero-order valence-corrected chi connectivity index (χ0v) is 12.6. The molecule has 0 radical (unpaired) electrons.